The second kappa shape index (κ2) is 5.80. The monoisotopic (exact) mass is 317 g/mol. The van der Waals surface area contributed by atoms with Gasteiger partial charge in [-0.1, -0.05) is 0 Å². The molecule has 0 atom stereocenters. The Morgan fingerprint density at radius 1 is 1.50 bits per heavy atom. The Morgan fingerprint density at radius 3 is 2.67 bits per heavy atom. The van der Waals surface area contributed by atoms with Crippen molar-refractivity contribution >= 4 is 27.5 Å². The molecule has 0 fully saturated rings. The lowest BCUT2D eigenvalue weighted by Gasteiger charge is -2.22. The Bertz CT molecular complexity index is 461. The van der Waals surface area contributed by atoms with Gasteiger partial charge in [0.05, 0.1) is 16.5 Å². The van der Waals surface area contributed by atoms with Gasteiger partial charge in [-0.3, -0.25) is 4.79 Å². The minimum absolute atomic E-state index is 0.163. The molecule has 100 valence electrons. The summed E-state index contributed by atoms with van der Waals surface area (Å²) in [5.41, 5.74) is 0.759. The van der Waals surface area contributed by atoms with Crippen LogP contribution in [0.25, 0.3) is 0 Å². The van der Waals surface area contributed by atoms with Crippen molar-refractivity contribution in [3.8, 4) is 0 Å². The van der Waals surface area contributed by atoms with Gasteiger partial charge >= 0.3 is 0 Å². The average molecular weight is 318 g/mol. The number of carbonyl (C=O) groups is 1. The number of benzene rings is 1. The van der Waals surface area contributed by atoms with E-state index in [1.54, 1.807) is 20.1 Å². The van der Waals surface area contributed by atoms with Crippen LogP contribution in [0.5, 0.6) is 0 Å². The normalized spacial score (nSPS) is 11.4. The number of hydrogen-bond acceptors (Lipinski definition) is 2. The summed E-state index contributed by atoms with van der Waals surface area (Å²) in [4.78, 5) is 11.8. The molecule has 1 aromatic carbocycles. The third kappa shape index (κ3) is 4.07. The van der Waals surface area contributed by atoms with Crippen LogP contribution < -0.4 is 5.32 Å². The maximum Gasteiger partial charge on any atom is 0.227 e. The SMILES string of the molecule is COC(C)(C)CC(=O)Nc1cc(Br)c(F)cc1C. The Hall–Kier alpha value is -0.940. The zero-order chi connectivity index (χ0) is 13.9. The molecule has 0 aliphatic heterocycles. The number of methoxy groups -OCH3 is 1. The Morgan fingerprint density at radius 2 is 2.11 bits per heavy atom. The van der Waals surface area contributed by atoms with Crippen molar-refractivity contribution in [3.63, 3.8) is 0 Å². The fourth-order valence-corrected chi connectivity index (χ4v) is 1.78. The highest BCUT2D eigenvalue weighted by molar-refractivity contribution is 9.10. The molecule has 0 unspecified atom stereocenters. The lowest BCUT2D eigenvalue weighted by molar-refractivity contribution is -0.121. The van der Waals surface area contributed by atoms with Gasteiger partial charge in [-0.05, 0) is 54.4 Å². The molecule has 1 amide bonds. The molecule has 1 N–H and O–H groups in total. The molecule has 0 bridgehead atoms. The van der Waals surface area contributed by atoms with E-state index in [4.69, 9.17) is 4.74 Å². The van der Waals surface area contributed by atoms with E-state index in [9.17, 15) is 9.18 Å². The average Bonchev–Trinajstić information content (AvgIpc) is 2.25. The maximum atomic E-state index is 13.2. The predicted octanol–water partition coefficient (Wildman–Crippen LogP) is 3.65. The number of anilines is 1. The summed E-state index contributed by atoms with van der Waals surface area (Å²) in [6, 6.07) is 2.93. The van der Waals surface area contributed by atoms with Gasteiger partial charge in [-0.2, -0.15) is 0 Å². The number of carbonyl (C=O) groups excluding carboxylic acids is 1. The number of halogens is 2. The van der Waals surface area contributed by atoms with Crippen LogP contribution in [-0.2, 0) is 9.53 Å². The number of hydrogen-bond donors (Lipinski definition) is 1. The van der Waals surface area contributed by atoms with Crippen molar-refractivity contribution in [3.05, 3.63) is 28.0 Å². The molecule has 0 spiro atoms. The first-order valence-electron chi connectivity index (χ1n) is 5.56. The highest BCUT2D eigenvalue weighted by Crippen LogP contribution is 2.25. The Balaban J connectivity index is 2.80. The molecule has 0 radical (unpaired) electrons. The van der Waals surface area contributed by atoms with Crippen LogP contribution in [0.4, 0.5) is 10.1 Å². The quantitative estimate of drug-likeness (QED) is 0.920. The summed E-state index contributed by atoms with van der Waals surface area (Å²) in [7, 11) is 1.56. The van der Waals surface area contributed by atoms with Gasteiger partial charge in [0, 0.05) is 12.8 Å². The second-order valence-electron chi connectivity index (χ2n) is 4.77. The van der Waals surface area contributed by atoms with Crippen molar-refractivity contribution in [2.24, 2.45) is 0 Å². The third-order valence-electron chi connectivity index (χ3n) is 2.68. The highest BCUT2D eigenvalue weighted by atomic mass is 79.9. The summed E-state index contributed by atoms with van der Waals surface area (Å²) in [5, 5.41) is 2.75. The van der Waals surface area contributed by atoms with Gasteiger partial charge in [0.15, 0.2) is 0 Å². The molecule has 5 heteroatoms. The van der Waals surface area contributed by atoms with E-state index in [2.05, 4.69) is 21.2 Å². The van der Waals surface area contributed by atoms with Crippen LogP contribution in [-0.4, -0.2) is 18.6 Å². The number of ether oxygens (including phenoxy) is 1. The van der Waals surface area contributed by atoms with E-state index in [0.717, 1.165) is 0 Å². The van der Waals surface area contributed by atoms with Gasteiger partial charge < -0.3 is 10.1 Å². The lowest BCUT2D eigenvalue weighted by atomic mass is 10.0. The van der Waals surface area contributed by atoms with Gasteiger partial charge in [0.25, 0.3) is 0 Å². The van der Waals surface area contributed by atoms with Crippen LogP contribution in [0.3, 0.4) is 0 Å². The van der Waals surface area contributed by atoms with Crippen molar-refractivity contribution < 1.29 is 13.9 Å². The second-order valence-corrected chi connectivity index (χ2v) is 5.62. The van der Waals surface area contributed by atoms with Crippen LogP contribution in [0, 0.1) is 12.7 Å². The maximum absolute atomic E-state index is 13.2. The standard InChI is InChI=1S/C13H17BrFNO2/c1-8-5-10(15)9(14)6-11(8)16-12(17)7-13(2,3)18-4/h5-6H,7H2,1-4H3,(H,16,17). The number of rotatable bonds is 4. The van der Waals surface area contributed by atoms with Gasteiger partial charge in [-0.25, -0.2) is 4.39 Å². The number of nitrogens with one attached hydrogen (secondary N) is 1. The number of amides is 1. The van der Waals surface area contributed by atoms with Gasteiger partial charge in [-0.15, -0.1) is 0 Å². The highest BCUT2D eigenvalue weighted by Gasteiger charge is 2.21. The van der Waals surface area contributed by atoms with Crippen LogP contribution in [0.2, 0.25) is 0 Å². The van der Waals surface area contributed by atoms with Gasteiger partial charge in [0.2, 0.25) is 5.91 Å². The minimum atomic E-state index is -0.519. The molecule has 0 heterocycles. The van der Waals surface area contributed by atoms with Gasteiger partial charge in [0.1, 0.15) is 5.82 Å². The van der Waals surface area contributed by atoms with E-state index < -0.39 is 5.60 Å². The number of aryl methyl sites for hydroxylation is 1. The molecule has 0 aliphatic rings. The van der Waals surface area contributed by atoms with E-state index in [-0.39, 0.29) is 18.1 Å². The fourth-order valence-electron chi connectivity index (χ4n) is 1.43. The first-order valence-corrected chi connectivity index (χ1v) is 6.35. The molecule has 0 saturated heterocycles. The zero-order valence-electron chi connectivity index (χ0n) is 10.9. The third-order valence-corrected chi connectivity index (χ3v) is 3.29. The van der Waals surface area contributed by atoms with E-state index in [1.807, 2.05) is 13.8 Å². The fraction of sp³-hybridized carbons (Fsp3) is 0.462. The van der Waals surface area contributed by atoms with Crippen molar-refractivity contribution in [1.82, 2.24) is 0 Å². The largest absolute Gasteiger partial charge is 0.378 e. The molecule has 1 aromatic rings. The summed E-state index contributed by atoms with van der Waals surface area (Å²) in [5.74, 6) is -0.508. The molecule has 1 rings (SSSR count). The van der Waals surface area contributed by atoms with Crippen LogP contribution in [0.1, 0.15) is 25.8 Å². The molecule has 18 heavy (non-hydrogen) atoms. The molecular formula is C13H17BrFNO2. The topological polar surface area (TPSA) is 38.3 Å². The lowest BCUT2D eigenvalue weighted by Crippen LogP contribution is -2.29. The smallest absolute Gasteiger partial charge is 0.227 e. The minimum Gasteiger partial charge on any atom is -0.378 e. The zero-order valence-corrected chi connectivity index (χ0v) is 12.5. The van der Waals surface area contributed by atoms with E-state index in [1.165, 1.54) is 6.07 Å². The summed E-state index contributed by atoms with van der Waals surface area (Å²) < 4.78 is 18.8. The van der Waals surface area contributed by atoms with Crippen LogP contribution in [0.15, 0.2) is 16.6 Å². The van der Waals surface area contributed by atoms with Crippen molar-refractivity contribution in [2.45, 2.75) is 32.8 Å². The first-order chi connectivity index (χ1) is 8.25. The van der Waals surface area contributed by atoms with E-state index >= 15 is 0 Å². The molecule has 3 nitrogen and oxygen atoms in total. The Kier molecular flexibility index (Phi) is 4.87. The Labute approximate surface area is 115 Å². The van der Waals surface area contributed by atoms with Crippen molar-refractivity contribution in [2.75, 3.05) is 12.4 Å². The summed E-state index contributed by atoms with van der Waals surface area (Å²) in [6.45, 7) is 5.41. The summed E-state index contributed by atoms with van der Waals surface area (Å²) in [6.07, 6.45) is 0.234. The molecular weight excluding hydrogens is 301 g/mol. The molecule has 0 saturated carbocycles. The van der Waals surface area contributed by atoms with E-state index in [0.29, 0.717) is 15.7 Å². The van der Waals surface area contributed by atoms with Crippen molar-refractivity contribution in [1.29, 1.82) is 0 Å². The summed E-state index contributed by atoms with van der Waals surface area (Å²) >= 11 is 3.09. The van der Waals surface area contributed by atoms with Crippen LogP contribution >= 0.6 is 15.9 Å². The molecule has 0 aliphatic carbocycles. The first kappa shape index (κ1) is 15.1. The molecule has 0 aromatic heterocycles. The predicted molar refractivity (Wildman–Crippen MR) is 73.2 cm³/mol.